The number of nitrogens with zero attached hydrogens (tertiary/aromatic N) is 2. The van der Waals surface area contributed by atoms with Gasteiger partial charge in [-0.05, 0) is 19.4 Å². The number of carbonyl (C=O) groups excluding carboxylic acids is 1. The van der Waals surface area contributed by atoms with Crippen LogP contribution in [-0.4, -0.2) is 54.5 Å². The van der Waals surface area contributed by atoms with Crippen LogP contribution in [0.15, 0.2) is 30.3 Å². The molecule has 2 rings (SSSR count). The van der Waals surface area contributed by atoms with Crippen molar-refractivity contribution in [3.63, 3.8) is 0 Å². The van der Waals surface area contributed by atoms with Crippen LogP contribution in [0.5, 0.6) is 0 Å². The van der Waals surface area contributed by atoms with Crippen molar-refractivity contribution in [3.05, 3.63) is 35.9 Å². The molecule has 0 bridgehead atoms. The van der Waals surface area contributed by atoms with Crippen LogP contribution in [0.1, 0.15) is 19.4 Å². The van der Waals surface area contributed by atoms with E-state index < -0.39 is 0 Å². The number of amides is 1. The van der Waals surface area contributed by atoms with Gasteiger partial charge in [-0.3, -0.25) is 9.69 Å². The van der Waals surface area contributed by atoms with E-state index >= 15 is 0 Å². The fourth-order valence-corrected chi connectivity index (χ4v) is 2.49. The maximum Gasteiger partial charge on any atom is 0.237 e. The van der Waals surface area contributed by atoms with Crippen LogP contribution in [0, 0.1) is 0 Å². The molecule has 0 radical (unpaired) electrons. The first-order valence-electron chi connectivity index (χ1n) is 7.43. The van der Waals surface area contributed by atoms with Gasteiger partial charge in [-0.15, -0.1) is 24.8 Å². The standard InChI is InChI=1S/C16H25N3O.2ClH/c1-14(2)19(12-15-6-4-3-5-7-15)16(20)13-18-10-8-17-9-11-18;;/h3-7,14,17H,8-13H2,1-2H3;2*1H. The van der Waals surface area contributed by atoms with Gasteiger partial charge in [-0.1, -0.05) is 30.3 Å². The smallest absolute Gasteiger partial charge is 0.237 e. The molecule has 1 N–H and O–H groups in total. The third-order valence-electron chi connectivity index (χ3n) is 3.71. The maximum absolute atomic E-state index is 12.5. The zero-order valence-electron chi connectivity index (χ0n) is 13.3. The van der Waals surface area contributed by atoms with Gasteiger partial charge in [-0.2, -0.15) is 0 Å². The molecular formula is C16H27Cl2N3O. The lowest BCUT2D eigenvalue weighted by molar-refractivity contribution is -0.134. The van der Waals surface area contributed by atoms with Crippen molar-refractivity contribution in [1.29, 1.82) is 0 Å². The first kappa shape index (κ1) is 21.2. The summed E-state index contributed by atoms with van der Waals surface area (Å²) in [6.45, 7) is 9.28. The van der Waals surface area contributed by atoms with E-state index in [9.17, 15) is 4.79 Å². The van der Waals surface area contributed by atoms with Crippen molar-refractivity contribution in [2.24, 2.45) is 0 Å². The third-order valence-corrected chi connectivity index (χ3v) is 3.71. The van der Waals surface area contributed by atoms with E-state index in [0.717, 1.165) is 26.2 Å². The van der Waals surface area contributed by atoms with Crippen molar-refractivity contribution in [2.45, 2.75) is 26.4 Å². The zero-order chi connectivity index (χ0) is 14.4. The van der Waals surface area contributed by atoms with Crippen LogP contribution in [0.2, 0.25) is 0 Å². The number of hydrogen-bond acceptors (Lipinski definition) is 3. The maximum atomic E-state index is 12.5. The quantitative estimate of drug-likeness (QED) is 0.886. The normalized spacial score (nSPS) is 14.9. The Labute approximate surface area is 146 Å². The van der Waals surface area contributed by atoms with E-state index in [0.29, 0.717) is 13.1 Å². The van der Waals surface area contributed by atoms with Gasteiger partial charge in [0, 0.05) is 38.8 Å². The molecule has 4 nitrogen and oxygen atoms in total. The molecule has 1 saturated heterocycles. The Balaban J connectivity index is 0.00000220. The lowest BCUT2D eigenvalue weighted by Crippen LogP contribution is -2.49. The van der Waals surface area contributed by atoms with Gasteiger partial charge in [0.2, 0.25) is 5.91 Å². The topological polar surface area (TPSA) is 35.6 Å². The van der Waals surface area contributed by atoms with Crippen LogP contribution in [0.4, 0.5) is 0 Å². The Morgan fingerprint density at radius 1 is 1.18 bits per heavy atom. The first-order chi connectivity index (χ1) is 9.66. The fraction of sp³-hybridized carbons (Fsp3) is 0.562. The summed E-state index contributed by atoms with van der Waals surface area (Å²) in [4.78, 5) is 16.7. The largest absolute Gasteiger partial charge is 0.335 e. The van der Waals surface area contributed by atoms with Crippen LogP contribution < -0.4 is 5.32 Å². The van der Waals surface area contributed by atoms with Crippen molar-refractivity contribution >= 4 is 30.7 Å². The Hall–Kier alpha value is -0.810. The van der Waals surface area contributed by atoms with E-state index in [-0.39, 0.29) is 36.8 Å². The van der Waals surface area contributed by atoms with Gasteiger partial charge >= 0.3 is 0 Å². The highest BCUT2D eigenvalue weighted by Gasteiger charge is 2.21. The molecule has 0 aliphatic carbocycles. The Morgan fingerprint density at radius 3 is 2.32 bits per heavy atom. The molecular weight excluding hydrogens is 321 g/mol. The molecule has 0 atom stereocenters. The predicted octanol–water partition coefficient (Wildman–Crippen LogP) is 2.17. The third kappa shape index (κ3) is 6.53. The van der Waals surface area contributed by atoms with Crippen LogP contribution in [0.3, 0.4) is 0 Å². The second-order valence-electron chi connectivity index (χ2n) is 5.63. The number of nitrogens with one attached hydrogen (secondary N) is 1. The summed E-state index contributed by atoms with van der Waals surface area (Å²) in [5, 5.41) is 3.31. The van der Waals surface area contributed by atoms with Gasteiger partial charge in [-0.25, -0.2) is 0 Å². The molecule has 22 heavy (non-hydrogen) atoms. The Bertz CT molecular complexity index is 423. The highest BCUT2D eigenvalue weighted by molar-refractivity contribution is 5.85. The van der Waals surface area contributed by atoms with Gasteiger partial charge in [0.05, 0.1) is 6.54 Å². The van der Waals surface area contributed by atoms with E-state index in [1.54, 1.807) is 0 Å². The number of halogens is 2. The highest BCUT2D eigenvalue weighted by atomic mass is 35.5. The monoisotopic (exact) mass is 347 g/mol. The fourth-order valence-electron chi connectivity index (χ4n) is 2.49. The van der Waals surface area contributed by atoms with Gasteiger partial charge in [0.1, 0.15) is 0 Å². The minimum Gasteiger partial charge on any atom is -0.335 e. The Kier molecular flexibility index (Phi) is 10.4. The number of carbonyl (C=O) groups is 1. The molecule has 1 aromatic carbocycles. The lowest BCUT2D eigenvalue weighted by atomic mass is 10.2. The molecule has 0 aromatic heterocycles. The van der Waals surface area contributed by atoms with E-state index in [2.05, 4.69) is 36.2 Å². The summed E-state index contributed by atoms with van der Waals surface area (Å²) in [6, 6.07) is 10.4. The molecule has 1 amide bonds. The zero-order valence-corrected chi connectivity index (χ0v) is 15.0. The van der Waals surface area contributed by atoms with Crippen LogP contribution in [0.25, 0.3) is 0 Å². The summed E-state index contributed by atoms with van der Waals surface area (Å²) < 4.78 is 0. The van der Waals surface area contributed by atoms with E-state index in [1.165, 1.54) is 5.56 Å². The van der Waals surface area contributed by atoms with Crippen LogP contribution in [-0.2, 0) is 11.3 Å². The Morgan fingerprint density at radius 2 is 1.77 bits per heavy atom. The summed E-state index contributed by atoms with van der Waals surface area (Å²) in [5.74, 6) is 0.228. The van der Waals surface area contributed by atoms with Gasteiger partial charge in [0.15, 0.2) is 0 Å². The molecule has 126 valence electrons. The predicted molar refractivity (Wildman–Crippen MR) is 95.9 cm³/mol. The molecule has 1 aliphatic heterocycles. The minimum absolute atomic E-state index is 0. The van der Waals surface area contributed by atoms with Crippen molar-refractivity contribution in [3.8, 4) is 0 Å². The molecule has 1 fully saturated rings. The summed E-state index contributed by atoms with van der Waals surface area (Å²) in [7, 11) is 0. The summed E-state index contributed by atoms with van der Waals surface area (Å²) in [6.07, 6.45) is 0. The van der Waals surface area contributed by atoms with Crippen LogP contribution >= 0.6 is 24.8 Å². The molecule has 1 aromatic rings. The van der Waals surface area contributed by atoms with Gasteiger partial charge < -0.3 is 10.2 Å². The number of benzene rings is 1. The molecule has 0 spiro atoms. The number of hydrogen-bond donors (Lipinski definition) is 1. The minimum atomic E-state index is 0. The van der Waals surface area contributed by atoms with Crippen molar-refractivity contribution < 1.29 is 4.79 Å². The molecule has 1 heterocycles. The van der Waals surface area contributed by atoms with Gasteiger partial charge in [0.25, 0.3) is 0 Å². The van der Waals surface area contributed by atoms with Crippen molar-refractivity contribution in [2.75, 3.05) is 32.7 Å². The summed E-state index contributed by atoms with van der Waals surface area (Å²) in [5.41, 5.74) is 1.19. The second kappa shape index (κ2) is 10.8. The first-order valence-corrected chi connectivity index (χ1v) is 7.43. The highest BCUT2D eigenvalue weighted by Crippen LogP contribution is 2.09. The number of rotatable bonds is 5. The molecule has 0 saturated carbocycles. The lowest BCUT2D eigenvalue weighted by Gasteiger charge is -2.32. The summed E-state index contributed by atoms with van der Waals surface area (Å²) >= 11 is 0. The SMILES string of the molecule is CC(C)N(Cc1ccccc1)C(=O)CN1CCNCC1.Cl.Cl. The van der Waals surface area contributed by atoms with Crippen molar-refractivity contribution in [1.82, 2.24) is 15.1 Å². The van der Waals surface area contributed by atoms with E-state index in [1.807, 2.05) is 23.1 Å². The average molecular weight is 348 g/mol. The molecule has 6 heteroatoms. The van der Waals surface area contributed by atoms with E-state index in [4.69, 9.17) is 0 Å². The molecule has 1 aliphatic rings. The second-order valence-corrected chi connectivity index (χ2v) is 5.63. The number of piperazine rings is 1. The average Bonchev–Trinajstić information content (AvgIpc) is 2.46. The molecule has 0 unspecified atom stereocenters.